The molecule has 58 valence electrons. The van der Waals surface area contributed by atoms with E-state index < -0.39 is 0 Å². The van der Waals surface area contributed by atoms with E-state index in [4.69, 9.17) is 5.21 Å². The van der Waals surface area contributed by atoms with Crippen LogP contribution >= 0.6 is 0 Å². The van der Waals surface area contributed by atoms with Crippen molar-refractivity contribution in [3.63, 3.8) is 0 Å². The first-order valence-corrected chi connectivity index (χ1v) is 3.67. The largest absolute Gasteiger partial charge is 0.384 e. The Balaban J connectivity index is 2.41. The second kappa shape index (κ2) is 2.43. The van der Waals surface area contributed by atoms with E-state index in [0.717, 1.165) is 24.3 Å². The molecule has 2 rings (SSSR count). The van der Waals surface area contributed by atoms with Crippen LogP contribution < -0.4 is 10.8 Å². The van der Waals surface area contributed by atoms with E-state index in [1.54, 1.807) is 0 Å². The molecule has 1 aromatic rings. The van der Waals surface area contributed by atoms with Crippen molar-refractivity contribution in [3.05, 3.63) is 23.8 Å². The van der Waals surface area contributed by atoms with Gasteiger partial charge in [0, 0.05) is 12.2 Å². The molecule has 0 aromatic heterocycles. The number of fused-ring (bicyclic) bond motifs is 1. The molecule has 11 heavy (non-hydrogen) atoms. The molecule has 0 atom stereocenters. The Labute approximate surface area is 65.0 Å². The van der Waals surface area contributed by atoms with Crippen molar-refractivity contribution in [2.24, 2.45) is 0 Å². The Hall–Kier alpha value is -1.22. The van der Waals surface area contributed by atoms with E-state index in [-0.39, 0.29) is 0 Å². The van der Waals surface area contributed by atoms with Crippen LogP contribution in [0.4, 0.5) is 11.4 Å². The number of hydrogen-bond donors (Lipinski definition) is 3. The molecule has 0 saturated carbocycles. The fourth-order valence-electron chi connectivity index (χ4n) is 1.36. The molecule has 0 saturated heterocycles. The van der Waals surface area contributed by atoms with Crippen LogP contribution in [-0.2, 0) is 6.42 Å². The molecule has 0 amide bonds. The Morgan fingerprint density at radius 2 is 2.36 bits per heavy atom. The topological polar surface area (TPSA) is 44.3 Å². The monoisotopic (exact) mass is 150 g/mol. The Morgan fingerprint density at radius 3 is 3.18 bits per heavy atom. The zero-order valence-corrected chi connectivity index (χ0v) is 6.09. The summed E-state index contributed by atoms with van der Waals surface area (Å²) >= 11 is 0. The second-order valence-corrected chi connectivity index (χ2v) is 2.66. The number of hydrogen-bond acceptors (Lipinski definition) is 3. The molecule has 0 aliphatic carbocycles. The number of anilines is 2. The predicted molar refractivity (Wildman–Crippen MR) is 44.0 cm³/mol. The van der Waals surface area contributed by atoms with Gasteiger partial charge in [-0.25, -0.2) is 0 Å². The fraction of sp³-hybridized carbons (Fsp3) is 0.250. The van der Waals surface area contributed by atoms with E-state index >= 15 is 0 Å². The van der Waals surface area contributed by atoms with Gasteiger partial charge in [-0.15, -0.1) is 0 Å². The summed E-state index contributed by atoms with van der Waals surface area (Å²) in [6, 6.07) is 5.79. The molecule has 1 heterocycles. The van der Waals surface area contributed by atoms with Crippen molar-refractivity contribution in [2.75, 3.05) is 17.3 Å². The summed E-state index contributed by atoms with van der Waals surface area (Å²) in [5.74, 6) is 0. The summed E-state index contributed by atoms with van der Waals surface area (Å²) in [5.41, 5.74) is 5.30. The van der Waals surface area contributed by atoms with Gasteiger partial charge in [-0.2, -0.15) is 0 Å². The molecule has 3 nitrogen and oxygen atoms in total. The van der Waals surface area contributed by atoms with E-state index in [1.807, 2.05) is 18.2 Å². The van der Waals surface area contributed by atoms with Gasteiger partial charge in [0.25, 0.3) is 0 Å². The third kappa shape index (κ3) is 1.03. The normalized spacial score (nSPS) is 13.9. The highest BCUT2D eigenvalue weighted by molar-refractivity contribution is 5.63. The summed E-state index contributed by atoms with van der Waals surface area (Å²) in [6.45, 7) is 1.00. The maximum atomic E-state index is 8.59. The highest BCUT2D eigenvalue weighted by Crippen LogP contribution is 2.24. The lowest BCUT2D eigenvalue weighted by molar-refractivity contribution is 0.389. The zero-order valence-electron chi connectivity index (χ0n) is 6.09. The molecule has 1 aliphatic rings. The molecule has 1 aromatic carbocycles. The van der Waals surface area contributed by atoms with Crippen molar-refractivity contribution < 1.29 is 5.21 Å². The van der Waals surface area contributed by atoms with E-state index in [2.05, 4.69) is 10.8 Å². The first kappa shape index (κ1) is 6.49. The average molecular weight is 150 g/mol. The van der Waals surface area contributed by atoms with Crippen molar-refractivity contribution >= 4 is 11.4 Å². The third-order valence-corrected chi connectivity index (χ3v) is 1.95. The number of rotatable bonds is 1. The standard InChI is InChI=1S/C8H10N2O/c11-10-7-2-1-6-3-4-9-8(6)5-7/h1-2,5,9-11H,3-4H2. The van der Waals surface area contributed by atoms with Gasteiger partial charge in [0.1, 0.15) is 0 Å². The van der Waals surface area contributed by atoms with Gasteiger partial charge in [-0.3, -0.25) is 10.7 Å². The Bertz CT molecular complexity index is 273. The third-order valence-electron chi connectivity index (χ3n) is 1.95. The summed E-state index contributed by atoms with van der Waals surface area (Å²) in [5, 5.41) is 11.8. The predicted octanol–water partition coefficient (Wildman–Crippen LogP) is 1.46. The van der Waals surface area contributed by atoms with Crippen LogP contribution in [0, 0.1) is 0 Å². The number of benzene rings is 1. The molecular weight excluding hydrogens is 140 g/mol. The van der Waals surface area contributed by atoms with E-state index in [1.165, 1.54) is 5.56 Å². The van der Waals surface area contributed by atoms with Crippen molar-refractivity contribution in [1.29, 1.82) is 0 Å². The van der Waals surface area contributed by atoms with Gasteiger partial charge in [0.05, 0.1) is 5.69 Å². The number of nitrogens with one attached hydrogen (secondary N) is 2. The van der Waals surface area contributed by atoms with Crippen LogP contribution in [0.15, 0.2) is 18.2 Å². The molecular formula is C8H10N2O. The molecule has 1 aliphatic heterocycles. The molecule has 0 bridgehead atoms. The fourth-order valence-corrected chi connectivity index (χ4v) is 1.36. The van der Waals surface area contributed by atoms with Crippen LogP contribution in [0.1, 0.15) is 5.56 Å². The summed E-state index contributed by atoms with van der Waals surface area (Å²) in [6.07, 6.45) is 1.08. The highest BCUT2D eigenvalue weighted by Gasteiger charge is 2.08. The van der Waals surface area contributed by atoms with Crippen LogP contribution in [0.3, 0.4) is 0 Å². The Morgan fingerprint density at radius 1 is 1.45 bits per heavy atom. The molecule has 3 heteroatoms. The van der Waals surface area contributed by atoms with Crippen molar-refractivity contribution in [2.45, 2.75) is 6.42 Å². The second-order valence-electron chi connectivity index (χ2n) is 2.66. The van der Waals surface area contributed by atoms with Crippen molar-refractivity contribution in [3.8, 4) is 0 Å². The van der Waals surface area contributed by atoms with Crippen LogP contribution in [0.25, 0.3) is 0 Å². The van der Waals surface area contributed by atoms with E-state index in [0.29, 0.717) is 0 Å². The quantitative estimate of drug-likeness (QED) is 0.531. The maximum absolute atomic E-state index is 8.59. The summed E-state index contributed by atoms with van der Waals surface area (Å²) < 4.78 is 0. The lowest BCUT2D eigenvalue weighted by Gasteiger charge is -2.02. The highest BCUT2D eigenvalue weighted by atomic mass is 16.5. The lowest BCUT2D eigenvalue weighted by Crippen LogP contribution is -1.92. The lowest BCUT2D eigenvalue weighted by atomic mass is 10.1. The average Bonchev–Trinajstić information content (AvgIpc) is 2.50. The minimum Gasteiger partial charge on any atom is -0.384 e. The minimum atomic E-state index is 0.734. The Kier molecular flexibility index (Phi) is 1.43. The smallest absolute Gasteiger partial charge is 0.0622 e. The van der Waals surface area contributed by atoms with Crippen LogP contribution in [0.5, 0.6) is 0 Å². The van der Waals surface area contributed by atoms with Crippen LogP contribution in [0.2, 0.25) is 0 Å². The molecule has 0 spiro atoms. The molecule has 3 N–H and O–H groups in total. The minimum absolute atomic E-state index is 0.734. The first-order chi connectivity index (χ1) is 5.40. The summed E-state index contributed by atoms with van der Waals surface area (Å²) in [4.78, 5) is 0. The van der Waals surface area contributed by atoms with Gasteiger partial charge < -0.3 is 5.32 Å². The zero-order chi connectivity index (χ0) is 7.68. The first-order valence-electron chi connectivity index (χ1n) is 3.67. The van der Waals surface area contributed by atoms with Gasteiger partial charge >= 0.3 is 0 Å². The molecule has 0 unspecified atom stereocenters. The van der Waals surface area contributed by atoms with Gasteiger partial charge in [-0.05, 0) is 24.1 Å². The van der Waals surface area contributed by atoms with Gasteiger partial charge in [0.2, 0.25) is 0 Å². The maximum Gasteiger partial charge on any atom is 0.0622 e. The van der Waals surface area contributed by atoms with Gasteiger partial charge in [0.15, 0.2) is 0 Å². The SMILES string of the molecule is ONc1ccc2c(c1)NCC2. The molecule has 0 fully saturated rings. The van der Waals surface area contributed by atoms with Gasteiger partial charge in [-0.1, -0.05) is 6.07 Å². The van der Waals surface area contributed by atoms with E-state index in [9.17, 15) is 0 Å². The summed E-state index contributed by atoms with van der Waals surface area (Å²) in [7, 11) is 0. The van der Waals surface area contributed by atoms with Crippen molar-refractivity contribution in [1.82, 2.24) is 0 Å². The molecule has 0 radical (unpaired) electrons. The van der Waals surface area contributed by atoms with Crippen LogP contribution in [-0.4, -0.2) is 11.8 Å².